The summed E-state index contributed by atoms with van der Waals surface area (Å²) in [4.78, 5) is 72.6. The quantitative estimate of drug-likeness (QED) is 0.0222. The van der Waals surface area contributed by atoms with Gasteiger partial charge in [-0.2, -0.15) is 0 Å². The summed E-state index contributed by atoms with van der Waals surface area (Å²) in [5.74, 6) is 0.851. The zero-order valence-corrected chi connectivity index (χ0v) is 60.6. The van der Waals surface area contributed by atoms with Gasteiger partial charge in [0.05, 0.1) is 26.4 Å². The molecule has 534 valence electrons. The predicted molar refractivity (Wildman–Crippen MR) is 363 cm³/mol. The van der Waals surface area contributed by atoms with Crippen LogP contribution in [0.4, 0.5) is 0 Å². The van der Waals surface area contributed by atoms with E-state index >= 15 is 0 Å². The van der Waals surface area contributed by atoms with Crippen LogP contribution in [0.25, 0.3) is 0 Å². The first-order valence-electron chi connectivity index (χ1n) is 36.7. The molecule has 17 nitrogen and oxygen atoms in total. The van der Waals surface area contributed by atoms with Gasteiger partial charge in [0.15, 0.2) is 12.2 Å². The lowest BCUT2D eigenvalue weighted by molar-refractivity contribution is -0.161. The minimum atomic E-state index is -4.95. The van der Waals surface area contributed by atoms with E-state index in [9.17, 15) is 43.2 Å². The summed E-state index contributed by atoms with van der Waals surface area (Å²) in [6, 6.07) is 0. The standard InChI is InChI=1S/C71H138O17P2/c1-61(2)47-39-31-23-16-11-9-13-19-28-37-45-53-70(75)87-66(57-81-68(73)51-43-35-27-21-15-18-25-33-41-49-63(5)6)59-85-89(77,78)83-55-65(72)56-84-90(79,80)86-60-67(58-82-69(74)52-44-36-30-22-26-34-42-50-64(7)8)88-71(76)54-46-38-29-20-14-10-12-17-24-32-40-48-62(3)4/h61-67,72H,9-60H2,1-8H3,(H,77,78)(H,79,80)/t65?,66-,67-/m1/s1. The number of rotatable bonds is 68. The van der Waals surface area contributed by atoms with Crippen LogP contribution in [0.2, 0.25) is 0 Å². The fourth-order valence-electron chi connectivity index (χ4n) is 10.7. The Morgan fingerprint density at radius 2 is 0.467 bits per heavy atom. The Kier molecular flexibility index (Phi) is 59.4. The van der Waals surface area contributed by atoms with Crippen molar-refractivity contribution in [3.05, 3.63) is 0 Å². The van der Waals surface area contributed by atoms with E-state index < -0.39 is 97.5 Å². The van der Waals surface area contributed by atoms with Crippen LogP contribution in [0.3, 0.4) is 0 Å². The second kappa shape index (κ2) is 60.7. The molecule has 0 bridgehead atoms. The molecule has 0 aliphatic carbocycles. The van der Waals surface area contributed by atoms with E-state index in [1.54, 1.807) is 0 Å². The van der Waals surface area contributed by atoms with Gasteiger partial charge in [0.25, 0.3) is 0 Å². The number of phosphoric ester groups is 2. The number of unbranched alkanes of at least 4 members (excludes halogenated alkanes) is 34. The topological polar surface area (TPSA) is 237 Å². The highest BCUT2D eigenvalue weighted by molar-refractivity contribution is 7.47. The van der Waals surface area contributed by atoms with Crippen LogP contribution >= 0.6 is 15.6 Å². The van der Waals surface area contributed by atoms with Gasteiger partial charge in [0.2, 0.25) is 0 Å². The Bertz CT molecular complexity index is 1780. The van der Waals surface area contributed by atoms with E-state index in [0.717, 1.165) is 114 Å². The first-order valence-corrected chi connectivity index (χ1v) is 39.7. The molecular formula is C71H138O17P2. The number of carbonyl (C=O) groups is 4. The zero-order valence-electron chi connectivity index (χ0n) is 58.8. The smallest absolute Gasteiger partial charge is 0.462 e. The molecule has 0 aliphatic rings. The van der Waals surface area contributed by atoms with Gasteiger partial charge in [-0.05, 0) is 49.4 Å². The Labute approximate surface area is 549 Å². The highest BCUT2D eigenvalue weighted by Gasteiger charge is 2.30. The molecule has 5 atom stereocenters. The number of phosphoric acid groups is 2. The summed E-state index contributed by atoms with van der Waals surface area (Å²) in [6.45, 7) is 14.1. The number of carbonyl (C=O) groups excluding carboxylic acids is 4. The third-order valence-corrected chi connectivity index (χ3v) is 18.2. The highest BCUT2D eigenvalue weighted by atomic mass is 31.2. The maximum Gasteiger partial charge on any atom is 0.472 e. The minimum absolute atomic E-state index is 0.105. The first kappa shape index (κ1) is 88.1. The number of esters is 4. The number of aliphatic hydroxyl groups excluding tert-OH is 1. The predicted octanol–water partition coefficient (Wildman–Crippen LogP) is 20.1. The molecule has 19 heteroatoms. The van der Waals surface area contributed by atoms with Crippen molar-refractivity contribution in [1.82, 2.24) is 0 Å². The molecular weight excluding hydrogens is 1190 g/mol. The van der Waals surface area contributed by atoms with Crippen molar-refractivity contribution in [3.63, 3.8) is 0 Å². The Morgan fingerprint density at radius 1 is 0.278 bits per heavy atom. The van der Waals surface area contributed by atoms with Gasteiger partial charge in [-0.25, -0.2) is 9.13 Å². The summed E-state index contributed by atoms with van der Waals surface area (Å²) in [5.41, 5.74) is 0. The molecule has 0 amide bonds. The van der Waals surface area contributed by atoms with Crippen LogP contribution in [-0.4, -0.2) is 96.7 Å². The van der Waals surface area contributed by atoms with Crippen LogP contribution < -0.4 is 0 Å². The average Bonchev–Trinajstić information content (AvgIpc) is 3.70. The summed E-state index contributed by atoms with van der Waals surface area (Å²) in [5, 5.41) is 10.6. The van der Waals surface area contributed by atoms with Crippen molar-refractivity contribution in [2.75, 3.05) is 39.6 Å². The van der Waals surface area contributed by atoms with Crippen LogP contribution in [0.5, 0.6) is 0 Å². The lowest BCUT2D eigenvalue weighted by atomic mass is 10.0. The zero-order chi connectivity index (χ0) is 66.8. The molecule has 0 spiro atoms. The number of hydrogen-bond acceptors (Lipinski definition) is 15. The molecule has 0 saturated heterocycles. The summed E-state index contributed by atoms with van der Waals surface area (Å²) < 4.78 is 68.3. The van der Waals surface area contributed by atoms with Crippen LogP contribution in [-0.2, 0) is 65.4 Å². The lowest BCUT2D eigenvalue weighted by Gasteiger charge is -2.21. The molecule has 0 radical (unpaired) electrons. The van der Waals surface area contributed by atoms with E-state index in [0.29, 0.717) is 31.6 Å². The third kappa shape index (κ3) is 64.8. The van der Waals surface area contributed by atoms with E-state index in [1.165, 1.54) is 148 Å². The minimum Gasteiger partial charge on any atom is -0.462 e. The van der Waals surface area contributed by atoms with Crippen molar-refractivity contribution in [1.29, 1.82) is 0 Å². The Hall–Kier alpha value is -1.94. The molecule has 3 N–H and O–H groups in total. The van der Waals surface area contributed by atoms with Gasteiger partial charge in [-0.3, -0.25) is 37.3 Å². The molecule has 0 aromatic carbocycles. The molecule has 0 fully saturated rings. The first-order chi connectivity index (χ1) is 43.1. The van der Waals surface area contributed by atoms with E-state index in [2.05, 4.69) is 55.4 Å². The van der Waals surface area contributed by atoms with Crippen LogP contribution in [0, 0.1) is 23.7 Å². The molecule has 0 aliphatic heterocycles. The molecule has 0 aromatic heterocycles. The second-order valence-electron chi connectivity index (χ2n) is 27.5. The van der Waals surface area contributed by atoms with E-state index in [-0.39, 0.29) is 25.7 Å². The third-order valence-electron chi connectivity index (χ3n) is 16.3. The van der Waals surface area contributed by atoms with Gasteiger partial charge in [0.1, 0.15) is 19.3 Å². The van der Waals surface area contributed by atoms with E-state index in [4.69, 9.17) is 37.0 Å². The van der Waals surface area contributed by atoms with Crippen molar-refractivity contribution in [2.24, 2.45) is 23.7 Å². The van der Waals surface area contributed by atoms with Crippen LogP contribution in [0.15, 0.2) is 0 Å². The molecule has 3 unspecified atom stereocenters. The highest BCUT2D eigenvalue weighted by Crippen LogP contribution is 2.45. The normalized spacial score (nSPS) is 14.3. The van der Waals surface area contributed by atoms with Gasteiger partial charge >= 0.3 is 39.5 Å². The van der Waals surface area contributed by atoms with Crippen molar-refractivity contribution in [3.8, 4) is 0 Å². The summed E-state index contributed by atoms with van der Waals surface area (Å²) in [7, 11) is -9.90. The fourth-order valence-corrected chi connectivity index (χ4v) is 12.2. The molecule has 0 heterocycles. The van der Waals surface area contributed by atoms with Crippen molar-refractivity contribution in [2.45, 2.75) is 369 Å². The lowest BCUT2D eigenvalue weighted by Crippen LogP contribution is -2.30. The number of ether oxygens (including phenoxy) is 4. The molecule has 0 saturated carbocycles. The fraction of sp³-hybridized carbons (Fsp3) is 0.944. The van der Waals surface area contributed by atoms with E-state index in [1.807, 2.05) is 0 Å². The maximum absolute atomic E-state index is 13.0. The Morgan fingerprint density at radius 3 is 0.689 bits per heavy atom. The average molecular weight is 1330 g/mol. The summed E-state index contributed by atoms with van der Waals surface area (Å²) in [6.07, 6.45) is 43.1. The Balaban J connectivity index is 5.26. The maximum atomic E-state index is 13.0. The number of hydrogen-bond donors (Lipinski definition) is 3. The summed E-state index contributed by atoms with van der Waals surface area (Å²) >= 11 is 0. The van der Waals surface area contributed by atoms with Crippen molar-refractivity contribution >= 4 is 39.5 Å². The van der Waals surface area contributed by atoms with Gasteiger partial charge in [-0.1, -0.05) is 299 Å². The monoisotopic (exact) mass is 1320 g/mol. The van der Waals surface area contributed by atoms with Gasteiger partial charge in [-0.15, -0.1) is 0 Å². The van der Waals surface area contributed by atoms with Gasteiger partial charge < -0.3 is 33.8 Å². The second-order valence-corrected chi connectivity index (χ2v) is 30.4. The van der Waals surface area contributed by atoms with Crippen LogP contribution in [0.1, 0.15) is 351 Å². The molecule has 0 aromatic rings. The largest absolute Gasteiger partial charge is 0.472 e. The number of aliphatic hydroxyl groups is 1. The van der Waals surface area contributed by atoms with Crippen molar-refractivity contribution < 1.29 is 80.2 Å². The van der Waals surface area contributed by atoms with Gasteiger partial charge in [0, 0.05) is 25.7 Å². The molecule has 0 rings (SSSR count). The SMILES string of the molecule is CC(C)CCCCCCCCCCCCCC(=O)O[C@H](COC(=O)CCCCCCCCCCCC(C)C)COP(=O)(O)OCC(O)COP(=O)(O)OC[C@@H](COC(=O)CCCCCCCCCC(C)C)OC(=O)CCCCCCCCCCCCCC(C)C. The molecule has 90 heavy (non-hydrogen) atoms.